The number of aryl methyl sites for hydroxylation is 1. The van der Waals surface area contributed by atoms with Gasteiger partial charge in [0.05, 0.1) is 23.0 Å². The number of hydrogen-bond acceptors (Lipinski definition) is 4. The highest BCUT2D eigenvalue weighted by atomic mass is 32.1. The molecule has 1 aliphatic carbocycles. The fraction of sp³-hybridized carbons (Fsp3) is 0.458. The van der Waals surface area contributed by atoms with Crippen LogP contribution in [-0.2, 0) is 11.3 Å². The molecule has 0 radical (unpaired) electrons. The molecule has 1 unspecified atom stereocenters. The van der Waals surface area contributed by atoms with Gasteiger partial charge in [-0.1, -0.05) is 30.3 Å². The lowest BCUT2D eigenvalue weighted by molar-refractivity contribution is -0.126. The lowest BCUT2D eigenvalue weighted by Gasteiger charge is -2.31. The monoisotopic (exact) mass is 436 g/mol. The van der Waals surface area contributed by atoms with Gasteiger partial charge in [0.15, 0.2) is 0 Å². The summed E-state index contributed by atoms with van der Waals surface area (Å²) in [5, 5.41) is 8.81. The van der Waals surface area contributed by atoms with Gasteiger partial charge in [-0.25, -0.2) is 0 Å². The van der Waals surface area contributed by atoms with Crippen LogP contribution in [0.1, 0.15) is 46.6 Å². The average Bonchev–Trinajstić information content (AvgIpc) is 3.45. The second-order valence-electron chi connectivity index (χ2n) is 8.84. The molecule has 31 heavy (non-hydrogen) atoms. The summed E-state index contributed by atoms with van der Waals surface area (Å²) in [4.78, 5) is 29.4. The summed E-state index contributed by atoms with van der Waals surface area (Å²) in [5.74, 6) is 0.713. The zero-order valence-corrected chi connectivity index (χ0v) is 18.7. The number of benzene rings is 1. The Kier molecular flexibility index (Phi) is 5.52. The Labute approximate surface area is 186 Å². The minimum absolute atomic E-state index is 0.0338. The van der Waals surface area contributed by atoms with Gasteiger partial charge in [0.2, 0.25) is 5.91 Å². The number of hydrogen-bond donors (Lipinski definition) is 1. The van der Waals surface area contributed by atoms with Gasteiger partial charge in [0.25, 0.3) is 5.91 Å². The van der Waals surface area contributed by atoms with E-state index in [4.69, 9.17) is 0 Å². The van der Waals surface area contributed by atoms with Crippen LogP contribution in [0.2, 0.25) is 0 Å². The summed E-state index contributed by atoms with van der Waals surface area (Å²) in [6.45, 7) is 4.70. The van der Waals surface area contributed by atoms with Crippen molar-refractivity contribution >= 4 is 33.4 Å². The Morgan fingerprint density at radius 2 is 2.00 bits per heavy atom. The van der Waals surface area contributed by atoms with Crippen LogP contribution in [0.25, 0.3) is 10.2 Å². The van der Waals surface area contributed by atoms with Crippen molar-refractivity contribution in [2.45, 2.75) is 39.2 Å². The van der Waals surface area contributed by atoms with E-state index in [0.29, 0.717) is 25.6 Å². The summed E-state index contributed by atoms with van der Waals surface area (Å²) in [6.07, 6.45) is 4.18. The number of nitrogens with one attached hydrogen (secondary N) is 1. The van der Waals surface area contributed by atoms with Crippen LogP contribution in [0, 0.1) is 18.8 Å². The van der Waals surface area contributed by atoms with Crippen LogP contribution >= 0.6 is 11.3 Å². The van der Waals surface area contributed by atoms with E-state index in [2.05, 4.69) is 22.5 Å². The van der Waals surface area contributed by atoms with Crippen LogP contribution in [-0.4, -0.2) is 46.1 Å². The minimum Gasteiger partial charge on any atom is -0.356 e. The molecule has 1 N–H and O–H groups in total. The number of nitrogens with zero attached hydrogens (tertiary/aromatic N) is 3. The molecule has 2 aromatic heterocycles. The number of carbonyl (C=O) groups is 2. The smallest absolute Gasteiger partial charge is 0.264 e. The van der Waals surface area contributed by atoms with Crippen molar-refractivity contribution in [3.63, 3.8) is 0 Å². The van der Waals surface area contributed by atoms with Crippen LogP contribution in [0.3, 0.4) is 0 Å². The van der Waals surface area contributed by atoms with Gasteiger partial charge >= 0.3 is 0 Å². The van der Waals surface area contributed by atoms with Crippen molar-refractivity contribution in [1.29, 1.82) is 0 Å². The van der Waals surface area contributed by atoms with Gasteiger partial charge < -0.3 is 10.2 Å². The summed E-state index contributed by atoms with van der Waals surface area (Å²) >= 11 is 1.51. The molecular formula is C24H28N4O2S. The summed E-state index contributed by atoms with van der Waals surface area (Å²) in [7, 11) is 0. The van der Waals surface area contributed by atoms with Crippen molar-refractivity contribution in [3.05, 3.63) is 52.5 Å². The van der Waals surface area contributed by atoms with E-state index in [1.54, 1.807) is 0 Å². The van der Waals surface area contributed by atoms with Gasteiger partial charge in [0.1, 0.15) is 4.83 Å². The molecular weight excluding hydrogens is 408 g/mol. The van der Waals surface area contributed by atoms with E-state index in [1.165, 1.54) is 29.7 Å². The average molecular weight is 437 g/mol. The maximum absolute atomic E-state index is 13.3. The predicted molar refractivity (Wildman–Crippen MR) is 122 cm³/mol. The molecule has 1 aliphatic heterocycles. The highest BCUT2D eigenvalue weighted by molar-refractivity contribution is 7.20. The molecule has 0 bridgehead atoms. The quantitative estimate of drug-likeness (QED) is 0.639. The number of piperidine rings is 1. The molecule has 1 aromatic carbocycles. The fourth-order valence-electron chi connectivity index (χ4n) is 4.32. The maximum Gasteiger partial charge on any atom is 0.264 e. The molecule has 2 aliphatic rings. The van der Waals surface area contributed by atoms with Crippen molar-refractivity contribution < 1.29 is 9.59 Å². The standard InChI is InChI=1S/C24H28N4O2S/c1-16-20-12-21(31-24(20)28(26-16)14-18-6-3-2-4-7-18)23(30)27-11-5-8-19(15-27)22(29)25-13-17-9-10-17/h2-4,6-7,12,17,19H,5,8-11,13-15H2,1H3,(H,25,29). The molecule has 5 rings (SSSR count). The SMILES string of the molecule is Cc1nn(Cc2ccccc2)c2sc(C(=O)N3CCCC(C(=O)NCC4CC4)C3)cc12. The van der Waals surface area contributed by atoms with Gasteiger partial charge in [-0.05, 0) is 50.2 Å². The largest absolute Gasteiger partial charge is 0.356 e. The van der Waals surface area contributed by atoms with E-state index in [0.717, 1.165) is 40.2 Å². The third-order valence-corrected chi connectivity index (χ3v) is 7.47. The van der Waals surface area contributed by atoms with E-state index in [1.807, 2.05) is 40.8 Å². The number of rotatable bonds is 6. The Morgan fingerprint density at radius 3 is 2.77 bits per heavy atom. The molecule has 0 spiro atoms. The molecule has 3 heterocycles. The number of likely N-dealkylation sites (tertiary alicyclic amines) is 1. The lowest BCUT2D eigenvalue weighted by atomic mass is 9.97. The highest BCUT2D eigenvalue weighted by Crippen LogP contribution is 2.31. The van der Waals surface area contributed by atoms with Crippen LogP contribution in [0.5, 0.6) is 0 Å². The Hall–Kier alpha value is -2.67. The van der Waals surface area contributed by atoms with Crippen molar-refractivity contribution in [2.75, 3.05) is 19.6 Å². The van der Waals surface area contributed by atoms with Gasteiger partial charge in [-0.15, -0.1) is 11.3 Å². The zero-order valence-electron chi connectivity index (χ0n) is 17.8. The van der Waals surface area contributed by atoms with Gasteiger partial charge in [-0.2, -0.15) is 5.10 Å². The Balaban J connectivity index is 1.31. The van der Waals surface area contributed by atoms with E-state index < -0.39 is 0 Å². The lowest BCUT2D eigenvalue weighted by Crippen LogP contribution is -2.45. The van der Waals surface area contributed by atoms with Crippen molar-refractivity contribution in [2.24, 2.45) is 11.8 Å². The maximum atomic E-state index is 13.3. The summed E-state index contributed by atoms with van der Waals surface area (Å²) < 4.78 is 1.99. The second kappa shape index (κ2) is 8.46. The number of fused-ring (bicyclic) bond motifs is 1. The molecule has 1 saturated carbocycles. The van der Waals surface area contributed by atoms with E-state index in [-0.39, 0.29) is 17.7 Å². The fourth-order valence-corrected chi connectivity index (χ4v) is 5.45. The number of carbonyl (C=O) groups excluding carboxylic acids is 2. The molecule has 7 heteroatoms. The van der Waals surface area contributed by atoms with E-state index >= 15 is 0 Å². The van der Waals surface area contributed by atoms with Crippen molar-refractivity contribution in [1.82, 2.24) is 20.0 Å². The first-order valence-electron chi connectivity index (χ1n) is 11.2. The molecule has 6 nitrogen and oxygen atoms in total. The van der Waals surface area contributed by atoms with Gasteiger partial charge in [-0.3, -0.25) is 14.3 Å². The molecule has 2 amide bonds. The highest BCUT2D eigenvalue weighted by Gasteiger charge is 2.31. The molecule has 2 fully saturated rings. The minimum atomic E-state index is -0.0962. The number of aromatic nitrogens is 2. The van der Waals surface area contributed by atoms with Crippen LogP contribution < -0.4 is 5.32 Å². The third-order valence-electron chi connectivity index (χ3n) is 6.33. The van der Waals surface area contributed by atoms with Gasteiger partial charge in [0, 0.05) is 25.0 Å². The normalized spacial score (nSPS) is 19.0. The van der Waals surface area contributed by atoms with E-state index in [9.17, 15) is 9.59 Å². The number of thiophene rings is 1. The second-order valence-corrected chi connectivity index (χ2v) is 9.87. The zero-order chi connectivity index (χ0) is 21.4. The van der Waals surface area contributed by atoms with Crippen LogP contribution in [0.15, 0.2) is 36.4 Å². The summed E-state index contributed by atoms with van der Waals surface area (Å²) in [5.41, 5.74) is 2.13. The van der Waals surface area contributed by atoms with Crippen LogP contribution in [0.4, 0.5) is 0 Å². The Morgan fingerprint density at radius 1 is 1.19 bits per heavy atom. The summed E-state index contributed by atoms with van der Waals surface area (Å²) in [6, 6.07) is 12.2. The molecule has 1 atom stereocenters. The third kappa shape index (κ3) is 4.37. The predicted octanol–water partition coefficient (Wildman–Crippen LogP) is 3.83. The number of amides is 2. The first kappa shape index (κ1) is 20.2. The first-order chi connectivity index (χ1) is 15.1. The first-order valence-corrected chi connectivity index (χ1v) is 12.0. The Bertz CT molecular complexity index is 1100. The molecule has 3 aromatic rings. The van der Waals surface area contributed by atoms with Crippen molar-refractivity contribution in [3.8, 4) is 0 Å². The molecule has 1 saturated heterocycles. The topological polar surface area (TPSA) is 67.2 Å². The molecule has 162 valence electrons.